The van der Waals surface area contributed by atoms with Gasteiger partial charge in [0.25, 0.3) is 5.91 Å². The standard InChI is InChI=1S/C13H14N2O/c1-9(11-6-4-3-5-7-11)8-12-10(2)14-15-13(12)16/h3-9H,1-2H3,(H,15,16)/b12-8-. The summed E-state index contributed by atoms with van der Waals surface area (Å²) in [5, 5.41) is 3.89. The Morgan fingerprint density at radius 1 is 1.31 bits per heavy atom. The fraction of sp³-hybridized carbons (Fsp3) is 0.231. The SMILES string of the molecule is CC1=NNC(=O)/C1=C\C(C)c1ccccc1. The minimum absolute atomic E-state index is 0.111. The topological polar surface area (TPSA) is 41.5 Å². The van der Waals surface area contributed by atoms with Gasteiger partial charge in [0.1, 0.15) is 0 Å². The molecule has 3 heteroatoms. The summed E-state index contributed by atoms with van der Waals surface area (Å²) in [7, 11) is 0. The number of rotatable bonds is 2. The lowest BCUT2D eigenvalue weighted by Gasteiger charge is -2.07. The molecule has 0 saturated heterocycles. The molecule has 0 spiro atoms. The van der Waals surface area contributed by atoms with Gasteiger partial charge in [-0.1, -0.05) is 43.3 Å². The molecular weight excluding hydrogens is 200 g/mol. The fourth-order valence-electron chi connectivity index (χ4n) is 1.72. The van der Waals surface area contributed by atoms with Crippen molar-refractivity contribution in [3.05, 3.63) is 47.5 Å². The van der Waals surface area contributed by atoms with Crippen LogP contribution in [0.25, 0.3) is 0 Å². The molecule has 3 nitrogen and oxygen atoms in total. The molecule has 1 unspecified atom stereocenters. The van der Waals surface area contributed by atoms with Crippen molar-refractivity contribution in [1.29, 1.82) is 0 Å². The lowest BCUT2D eigenvalue weighted by molar-refractivity contribution is -0.116. The van der Waals surface area contributed by atoms with Crippen molar-refractivity contribution < 1.29 is 4.79 Å². The number of allylic oxidation sites excluding steroid dienone is 1. The quantitative estimate of drug-likeness (QED) is 0.753. The molecule has 0 aromatic heterocycles. The molecule has 0 aliphatic carbocycles. The minimum Gasteiger partial charge on any atom is -0.267 e. The van der Waals surface area contributed by atoms with Crippen LogP contribution in [0.1, 0.15) is 25.3 Å². The minimum atomic E-state index is -0.111. The molecule has 1 aliphatic heterocycles. The number of carbonyl (C=O) groups excluding carboxylic acids is 1. The van der Waals surface area contributed by atoms with E-state index in [0.717, 1.165) is 5.71 Å². The van der Waals surface area contributed by atoms with Crippen molar-refractivity contribution in [3.8, 4) is 0 Å². The molecule has 1 aromatic rings. The van der Waals surface area contributed by atoms with Gasteiger partial charge >= 0.3 is 0 Å². The van der Waals surface area contributed by atoms with Crippen LogP contribution in [-0.4, -0.2) is 11.6 Å². The summed E-state index contributed by atoms with van der Waals surface area (Å²) in [6.07, 6.45) is 1.95. The van der Waals surface area contributed by atoms with Gasteiger partial charge in [-0.3, -0.25) is 4.79 Å². The first-order valence-corrected chi connectivity index (χ1v) is 5.30. The molecule has 1 aliphatic rings. The Labute approximate surface area is 94.9 Å². The molecule has 82 valence electrons. The van der Waals surface area contributed by atoms with Crippen LogP contribution in [0.2, 0.25) is 0 Å². The van der Waals surface area contributed by atoms with Gasteiger partial charge in [0.2, 0.25) is 0 Å². The van der Waals surface area contributed by atoms with E-state index in [2.05, 4.69) is 29.6 Å². The van der Waals surface area contributed by atoms with E-state index in [1.807, 2.05) is 31.2 Å². The van der Waals surface area contributed by atoms with Crippen LogP contribution in [0, 0.1) is 0 Å². The van der Waals surface area contributed by atoms with E-state index in [1.165, 1.54) is 5.56 Å². The number of hydrogen-bond acceptors (Lipinski definition) is 2. The van der Waals surface area contributed by atoms with Gasteiger partial charge in [-0.2, -0.15) is 5.10 Å². The molecule has 1 amide bonds. The number of benzene rings is 1. The second-order valence-corrected chi connectivity index (χ2v) is 3.92. The molecule has 1 atom stereocenters. The van der Waals surface area contributed by atoms with Crippen molar-refractivity contribution in [3.63, 3.8) is 0 Å². The zero-order chi connectivity index (χ0) is 11.5. The largest absolute Gasteiger partial charge is 0.272 e. The van der Waals surface area contributed by atoms with Gasteiger partial charge in [0.15, 0.2) is 0 Å². The van der Waals surface area contributed by atoms with Crippen LogP contribution in [-0.2, 0) is 4.79 Å². The van der Waals surface area contributed by atoms with Crippen molar-refractivity contribution in [2.45, 2.75) is 19.8 Å². The van der Waals surface area contributed by atoms with Crippen molar-refractivity contribution in [2.75, 3.05) is 0 Å². The number of hydrazone groups is 1. The Morgan fingerprint density at radius 3 is 2.56 bits per heavy atom. The van der Waals surface area contributed by atoms with Crippen molar-refractivity contribution in [2.24, 2.45) is 5.10 Å². The third kappa shape index (κ3) is 2.03. The highest BCUT2D eigenvalue weighted by atomic mass is 16.2. The van der Waals surface area contributed by atoms with Crippen LogP contribution in [0.4, 0.5) is 0 Å². The molecular formula is C13H14N2O. The Hall–Kier alpha value is -1.90. The monoisotopic (exact) mass is 214 g/mol. The van der Waals surface area contributed by atoms with Gasteiger partial charge in [0.05, 0.1) is 11.3 Å². The van der Waals surface area contributed by atoms with Crippen molar-refractivity contribution >= 4 is 11.6 Å². The first kappa shape index (κ1) is 10.6. The summed E-state index contributed by atoms with van der Waals surface area (Å²) in [5.74, 6) is 0.102. The van der Waals surface area contributed by atoms with E-state index in [4.69, 9.17) is 0 Å². The Kier molecular flexibility index (Phi) is 2.86. The Bertz CT molecular complexity index is 460. The van der Waals surface area contributed by atoms with Crippen LogP contribution in [0.15, 0.2) is 47.1 Å². The number of amides is 1. The van der Waals surface area contributed by atoms with E-state index in [-0.39, 0.29) is 11.8 Å². The lowest BCUT2D eigenvalue weighted by Crippen LogP contribution is -2.13. The number of carbonyl (C=O) groups is 1. The first-order valence-electron chi connectivity index (χ1n) is 5.30. The van der Waals surface area contributed by atoms with E-state index in [0.29, 0.717) is 5.57 Å². The van der Waals surface area contributed by atoms with Crippen LogP contribution in [0.3, 0.4) is 0 Å². The van der Waals surface area contributed by atoms with Gasteiger partial charge < -0.3 is 0 Å². The smallest absolute Gasteiger partial charge is 0.267 e. The molecule has 1 heterocycles. The average molecular weight is 214 g/mol. The van der Waals surface area contributed by atoms with Crippen LogP contribution < -0.4 is 5.43 Å². The Balaban J connectivity index is 2.25. The lowest BCUT2D eigenvalue weighted by atomic mass is 9.97. The fourth-order valence-corrected chi connectivity index (χ4v) is 1.72. The molecule has 0 bridgehead atoms. The molecule has 1 aromatic carbocycles. The predicted octanol–water partition coefficient (Wildman–Crippen LogP) is 2.22. The zero-order valence-corrected chi connectivity index (χ0v) is 9.40. The summed E-state index contributed by atoms with van der Waals surface area (Å²) in [4.78, 5) is 11.5. The molecule has 0 fully saturated rings. The maximum Gasteiger partial charge on any atom is 0.272 e. The number of nitrogens with zero attached hydrogens (tertiary/aromatic N) is 1. The highest BCUT2D eigenvalue weighted by molar-refractivity contribution is 6.23. The highest BCUT2D eigenvalue weighted by Crippen LogP contribution is 2.19. The number of hydrogen-bond donors (Lipinski definition) is 1. The van der Waals surface area contributed by atoms with E-state index < -0.39 is 0 Å². The summed E-state index contributed by atoms with van der Waals surface area (Å²) < 4.78 is 0. The van der Waals surface area contributed by atoms with E-state index in [9.17, 15) is 4.79 Å². The van der Waals surface area contributed by atoms with Gasteiger partial charge in [0, 0.05) is 5.92 Å². The molecule has 0 radical (unpaired) electrons. The second-order valence-electron chi connectivity index (χ2n) is 3.92. The predicted molar refractivity (Wildman–Crippen MR) is 64.2 cm³/mol. The third-order valence-corrected chi connectivity index (χ3v) is 2.70. The summed E-state index contributed by atoms with van der Waals surface area (Å²) in [6.45, 7) is 3.91. The molecule has 2 rings (SSSR count). The van der Waals surface area contributed by atoms with E-state index >= 15 is 0 Å². The second kappa shape index (κ2) is 4.31. The molecule has 0 saturated carbocycles. The number of nitrogens with one attached hydrogen (secondary N) is 1. The van der Waals surface area contributed by atoms with E-state index in [1.54, 1.807) is 0 Å². The molecule has 16 heavy (non-hydrogen) atoms. The normalized spacial score (nSPS) is 19.5. The summed E-state index contributed by atoms with van der Waals surface area (Å²) in [5.41, 5.74) is 5.09. The Morgan fingerprint density at radius 2 is 2.00 bits per heavy atom. The maximum absolute atomic E-state index is 11.5. The highest BCUT2D eigenvalue weighted by Gasteiger charge is 2.19. The third-order valence-electron chi connectivity index (χ3n) is 2.70. The zero-order valence-electron chi connectivity index (χ0n) is 9.40. The first-order chi connectivity index (χ1) is 7.68. The van der Waals surface area contributed by atoms with Crippen LogP contribution in [0.5, 0.6) is 0 Å². The van der Waals surface area contributed by atoms with Gasteiger partial charge in [-0.15, -0.1) is 0 Å². The van der Waals surface area contributed by atoms with Gasteiger partial charge in [-0.25, -0.2) is 5.43 Å². The summed E-state index contributed by atoms with van der Waals surface area (Å²) >= 11 is 0. The average Bonchev–Trinajstić information content (AvgIpc) is 2.62. The maximum atomic E-state index is 11.5. The van der Waals surface area contributed by atoms with Gasteiger partial charge in [-0.05, 0) is 12.5 Å². The van der Waals surface area contributed by atoms with Crippen molar-refractivity contribution in [1.82, 2.24) is 5.43 Å². The van der Waals surface area contributed by atoms with Crippen LogP contribution >= 0.6 is 0 Å². The molecule has 1 N–H and O–H groups in total. The summed E-state index contributed by atoms with van der Waals surface area (Å²) in [6, 6.07) is 10.1.